The van der Waals surface area contributed by atoms with Gasteiger partial charge in [-0.05, 0) is 12.5 Å². The normalized spacial score (nSPS) is 18.5. The highest BCUT2D eigenvalue weighted by molar-refractivity contribution is 8.01. The van der Waals surface area contributed by atoms with Crippen molar-refractivity contribution < 1.29 is 34.6 Å². The predicted molar refractivity (Wildman–Crippen MR) is 152 cm³/mol. The Balaban J connectivity index is 1.31. The standard InChI is InChI=1S/C22H20N8O8S4/c1-8-26-27-22(42-8)41-6-9-5-39-19-15(18(34)30(19)16(9)20(35)36)25-17(33)14(11-7-40-21(23)24-11)28-38-4-10-2-12(31)13(32)3-29(10)37/h2-3,7,15,19,32,37H,4-6H2,1H3,(H2,23,24)(H,25,33)(H,35,36)/t15-,19-/m1/s1. The molecule has 1 fully saturated rings. The summed E-state index contributed by atoms with van der Waals surface area (Å²) in [6.07, 6.45) is 0.774. The fraction of sp³-hybridized carbons (Fsp3) is 0.273. The molecule has 0 aliphatic carbocycles. The van der Waals surface area contributed by atoms with E-state index in [1.165, 1.54) is 40.2 Å². The number of β-lactam (4-membered cyclic amide) rings is 1. The average molecular weight is 653 g/mol. The molecule has 2 aliphatic heterocycles. The van der Waals surface area contributed by atoms with E-state index in [9.17, 15) is 34.6 Å². The molecule has 0 aromatic carbocycles. The maximum Gasteiger partial charge on any atom is 0.352 e. The highest BCUT2D eigenvalue weighted by Crippen LogP contribution is 2.41. The molecule has 3 aromatic heterocycles. The van der Waals surface area contributed by atoms with Crippen LogP contribution in [0.4, 0.5) is 5.13 Å². The highest BCUT2D eigenvalue weighted by atomic mass is 32.2. The molecular weight excluding hydrogens is 633 g/mol. The molecule has 5 rings (SSSR count). The van der Waals surface area contributed by atoms with Crippen LogP contribution >= 0.6 is 46.2 Å². The average Bonchev–Trinajstić information content (AvgIpc) is 3.57. The SMILES string of the molecule is Cc1nnc(SCC2=C(C(=O)O)N3C(=O)[C@@H](NC(=O)C(=NOCc4cc(=O)c(O)cn4O)c4csc(N)n4)[C@H]3SC2)s1. The van der Waals surface area contributed by atoms with Gasteiger partial charge in [0.1, 0.15) is 33.5 Å². The van der Waals surface area contributed by atoms with Crippen molar-refractivity contribution in [1.82, 2.24) is 30.1 Å². The van der Waals surface area contributed by atoms with Crippen molar-refractivity contribution in [3.8, 4) is 5.75 Å². The largest absolute Gasteiger partial charge is 0.503 e. The summed E-state index contributed by atoms with van der Waals surface area (Å²) in [6, 6.07) is -0.138. The molecule has 0 spiro atoms. The molecule has 0 radical (unpaired) electrons. The van der Waals surface area contributed by atoms with Crippen LogP contribution in [0.25, 0.3) is 0 Å². The Morgan fingerprint density at radius 3 is 2.79 bits per heavy atom. The van der Waals surface area contributed by atoms with Gasteiger partial charge in [-0.3, -0.25) is 19.3 Å². The van der Waals surface area contributed by atoms with E-state index >= 15 is 0 Å². The van der Waals surface area contributed by atoms with Gasteiger partial charge in [0, 0.05) is 23.0 Å². The number of nitrogens with two attached hydrogens (primary N) is 1. The first kappa shape index (κ1) is 29.4. The number of hydrogen-bond donors (Lipinski definition) is 5. The predicted octanol–water partition coefficient (Wildman–Crippen LogP) is 0.442. The van der Waals surface area contributed by atoms with Crippen LogP contribution < -0.4 is 16.5 Å². The maximum absolute atomic E-state index is 13.3. The van der Waals surface area contributed by atoms with Crippen molar-refractivity contribution in [1.29, 1.82) is 0 Å². The van der Waals surface area contributed by atoms with Gasteiger partial charge < -0.3 is 31.3 Å². The molecule has 0 saturated carbocycles. The molecule has 1 saturated heterocycles. The fourth-order valence-electron chi connectivity index (χ4n) is 3.91. The molecule has 5 heterocycles. The summed E-state index contributed by atoms with van der Waals surface area (Å²) in [6.45, 7) is 1.34. The van der Waals surface area contributed by atoms with E-state index in [1.807, 2.05) is 6.92 Å². The third-order valence-electron chi connectivity index (χ3n) is 5.85. The Hall–Kier alpha value is -4.14. The van der Waals surface area contributed by atoms with Crippen LogP contribution in [0.1, 0.15) is 16.4 Å². The van der Waals surface area contributed by atoms with Gasteiger partial charge in [0.15, 0.2) is 27.5 Å². The molecule has 2 aliphatic rings. The van der Waals surface area contributed by atoms with E-state index in [2.05, 4.69) is 25.7 Å². The zero-order chi connectivity index (χ0) is 30.1. The zero-order valence-corrected chi connectivity index (χ0v) is 24.6. The third-order valence-corrected chi connectivity index (χ3v) is 9.92. The monoisotopic (exact) mass is 652 g/mol. The minimum Gasteiger partial charge on any atom is -0.503 e. The lowest BCUT2D eigenvalue weighted by molar-refractivity contribution is -0.150. The van der Waals surface area contributed by atoms with E-state index in [-0.39, 0.29) is 27.9 Å². The molecule has 0 bridgehead atoms. The number of aliphatic carboxylic acids is 1. The Morgan fingerprint density at radius 1 is 1.33 bits per heavy atom. The molecular formula is C22H20N8O8S4. The minimum absolute atomic E-state index is 0.0411. The quantitative estimate of drug-likeness (QED) is 0.0657. The van der Waals surface area contributed by atoms with Crippen molar-refractivity contribution in [3.05, 3.63) is 55.5 Å². The Bertz CT molecular complexity index is 1700. The van der Waals surface area contributed by atoms with Crippen molar-refractivity contribution in [2.45, 2.75) is 29.3 Å². The topological polar surface area (TPSA) is 235 Å². The molecule has 2 amide bonds. The number of hydrogen-bond acceptors (Lipinski definition) is 16. The number of carbonyl (C=O) groups excluding carboxylic acids is 2. The van der Waals surface area contributed by atoms with Gasteiger partial charge in [-0.25, -0.2) is 9.78 Å². The zero-order valence-electron chi connectivity index (χ0n) is 21.3. The first-order chi connectivity index (χ1) is 20.0. The molecule has 0 unspecified atom stereocenters. The number of carbonyl (C=O) groups is 3. The molecule has 20 heteroatoms. The number of nitrogens with zero attached hydrogens (tertiary/aromatic N) is 6. The summed E-state index contributed by atoms with van der Waals surface area (Å²) in [4.78, 5) is 60.6. The number of pyridine rings is 1. The number of aryl methyl sites for hydroxylation is 1. The summed E-state index contributed by atoms with van der Waals surface area (Å²) in [7, 11) is 0. The Morgan fingerprint density at radius 2 is 2.12 bits per heavy atom. The van der Waals surface area contributed by atoms with E-state index in [0.29, 0.717) is 26.1 Å². The van der Waals surface area contributed by atoms with Crippen molar-refractivity contribution in [2.24, 2.45) is 5.16 Å². The van der Waals surface area contributed by atoms with Crippen LogP contribution in [-0.4, -0.2) is 86.6 Å². The lowest BCUT2D eigenvalue weighted by atomic mass is 10.0. The summed E-state index contributed by atoms with van der Waals surface area (Å²) < 4.78 is 1.14. The Labute approximate surface area is 251 Å². The van der Waals surface area contributed by atoms with Gasteiger partial charge >= 0.3 is 5.97 Å². The number of amides is 2. The molecule has 16 nitrogen and oxygen atoms in total. The number of carboxylic acids is 1. The van der Waals surface area contributed by atoms with Gasteiger partial charge in [-0.2, -0.15) is 4.73 Å². The van der Waals surface area contributed by atoms with Crippen molar-refractivity contribution in [3.63, 3.8) is 0 Å². The van der Waals surface area contributed by atoms with Crippen LogP contribution in [0.2, 0.25) is 0 Å². The number of oxime groups is 1. The first-order valence-electron chi connectivity index (χ1n) is 11.7. The fourth-order valence-corrected chi connectivity index (χ4v) is 7.76. The lowest BCUT2D eigenvalue weighted by Gasteiger charge is -2.49. The second kappa shape index (κ2) is 12.0. The first-order valence-corrected chi connectivity index (χ1v) is 15.5. The number of rotatable bonds is 10. The van der Waals surface area contributed by atoms with Gasteiger partial charge in [-0.15, -0.1) is 33.3 Å². The molecule has 42 heavy (non-hydrogen) atoms. The number of carboxylic acid groups (broad SMARTS) is 1. The van der Waals surface area contributed by atoms with Gasteiger partial charge in [0.05, 0.1) is 6.20 Å². The number of nitrogen functional groups attached to an aromatic ring is 1. The van der Waals surface area contributed by atoms with Gasteiger partial charge in [-0.1, -0.05) is 28.3 Å². The summed E-state index contributed by atoms with van der Waals surface area (Å²) in [5.74, 6) is -2.78. The minimum atomic E-state index is -1.26. The highest BCUT2D eigenvalue weighted by Gasteiger charge is 2.54. The second-order valence-corrected chi connectivity index (χ2v) is 13.0. The van der Waals surface area contributed by atoms with Crippen molar-refractivity contribution >= 4 is 74.8 Å². The number of thiazole rings is 1. The van der Waals surface area contributed by atoms with Crippen LogP contribution in [0, 0.1) is 6.92 Å². The molecule has 3 aromatic rings. The molecule has 6 N–H and O–H groups in total. The molecule has 2 atom stereocenters. The van der Waals surface area contributed by atoms with Gasteiger partial charge in [0.2, 0.25) is 5.43 Å². The van der Waals surface area contributed by atoms with Crippen LogP contribution in [-0.2, 0) is 25.8 Å². The number of aromatic hydroxyl groups is 1. The van der Waals surface area contributed by atoms with Gasteiger partial charge in [0.25, 0.3) is 11.8 Å². The second-order valence-electron chi connectivity index (χ2n) is 8.64. The lowest BCUT2D eigenvalue weighted by Crippen LogP contribution is -2.71. The smallest absolute Gasteiger partial charge is 0.352 e. The van der Waals surface area contributed by atoms with E-state index in [0.717, 1.165) is 33.5 Å². The molecule has 220 valence electrons. The van der Waals surface area contributed by atoms with E-state index in [1.54, 1.807) is 0 Å². The van der Waals surface area contributed by atoms with E-state index < -0.39 is 47.0 Å². The van der Waals surface area contributed by atoms with E-state index in [4.69, 9.17) is 10.6 Å². The summed E-state index contributed by atoms with van der Waals surface area (Å²) in [5.41, 5.74) is 4.97. The number of fused-ring (bicyclic) bond motifs is 1. The number of nitrogens with one attached hydrogen (secondary N) is 1. The van der Waals surface area contributed by atoms with Crippen LogP contribution in [0.15, 0.2) is 43.2 Å². The third kappa shape index (κ3) is 5.91. The van der Waals surface area contributed by atoms with Crippen LogP contribution in [0.3, 0.4) is 0 Å². The Kier molecular flexibility index (Phi) is 8.38. The number of anilines is 1. The summed E-state index contributed by atoms with van der Waals surface area (Å²) >= 11 is 5.05. The number of aromatic nitrogens is 4. The summed E-state index contributed by atoms with van der Waals surface area (Å²) in [5, 5.41) is 45.2. The maximum atomic E-state index is 13.3. The number of thioether (sulfide) groups is 2. The van der Waals surface area contributed by atoms with Crippen molar-refractivity contribution in [2.75, 3.05) is 17.2 Å². The van der Waals surface area contributed by atoms with Crippen LogP contribution in [0.5, 0.6) is 5.75 Å².